The summed E-state index contributed by atoms with van der Waals surface area (Å²) < 4.78 is 5.06. The molecule has 1 N–H and O–H groups in total. The van der Waals surface area contributed by atoms with Crippen molar-refractivity contribution in [3.05, 3.63) is 16.3 Å². The Morgan fingerprint density at radius 3 is 3.13 bits per heavy atom. The van der Waals surface area contributed by atoms with Gasteiger partial charge in [-0.1, -0.05) is 0 Å². The second-order valence-corrected chi connectivity index (χ2v) is 3.67. The van der Waals surface area contributed by atoms with Gasteiger partial charge in [0.1, 0.15) is 10.6 Å². The molecule has 80 valence electrons. The maximum absolute atomic E-state index is 11.6. The average molecular weight is 223 g/mol. The van der Waals surface area contributed by atoms with E-state index >= 15 is 0 Å². The molecule has 4 heteroatoms. The summed E-state index contributed by atoms with van der Waals surface area (Å²) in [6.07, 6.45) is 0.677. The van der Waals surface area contributed by atoms with E-state index in [0.29, 0.717) is 23.6 Å². The van der Waals surface area contributed by atoms with Crippen LogP contribution in [0.4, 0.5) is 0 Å². The van der Waals surface area contributed by atoms with Crippen LogP contribution >= 0.6 is 11.3 Å². The van der Waals surface area contributed by atoms with Crippen LogP contribution in [0.15, 0.2) is 11.4 Å². The number of methoxy groups -OCH3 is 1. The van der Waals surface area contributed by atoms with Gasteiger partial charge in [-0.3, -0.25) is 4.79 Å². The lowest BCUT2D eigenvalue weighted by Crippen LogP contribution is -2.23. The Balaban J connectivity index is 2.49. The molecule has 1 aromatic heterocycles. The van der Waals surface area contributed by atoms with Crippen molar-refractivity contribution in [2.24, 2.45) is 0 Å². The normalized spacial score (nSPS) is 8.93. The van der Waals surface area contributed by atoms with Crippen molar-refractivity contribution in [1.29, 1.82) is 0 Å². The number of carbonyl (C=O) groups is 1. The van der Waals surface area contributed by atoms with Gasteiger partial charge >= 0.3 is 0 Å². The van der Waals surface area contributed by atoms with E-state index in [1.54, 1.807) is 20.1 Å². The minimum absolute atomic E-state index is 0.0975. The summed E-state index contributed by atoms with van der Waals surface area (Å²) >= 11 is 1.37. The van der Waals surface area contributed by atoms with Crippen LogP contribution in [0.2, 0.25) is 0 Å². The van der Waals surface area contributed by atoms with E-state index in [-0.39, 0.29) is 5.91 Å². The van der Waals surface area contributed by atoms with Crippen LogP contribution in [0.25, 0.3) is 0 Å². The molecule has 1 heterocycles. The first-order chi connectivity index (χ1) is 7.29. The number of hydrogen-bond acceptors (Lipinski definition) is 3. The predicted octanol–water partition coefficient (Wildman–Crippen LogP) is 1.90. The van der Waals surface area contributed by atoms with Gasteiger partial charge < -0.3 is 10.1 Å². The van der Waals surface area contributed by atoms with Gasteiger partial charge in [-0.2, -0.15) is 0 Å². The fourth-order valence-electron chi connectivity index (χ4n) is 1.07. The molecule has 0 spiro atoms. The Kier molecular flexibility index (Phi) is 4.72. The van der Waals surface area contributed by atoms with Crippen LogP contribution in [-0.2, 0) is 0 Å². The lowest BCUT2D eigenvalue weighted by Gasteiger charge is -2.02. The molecule has 0 bridgehead atoms. The summed E-state index contributed by atoms with van der Waals surface area (Å²) in [6, 6.07) is 1.78. The molecular formula is C11H13NO2S. The number of ether oxygens (including phenoxy) is 1. The molecule has 1 aromatic rings. The quantitative estimate of drug-likeness (QED) is 0.625. The van der Waals surface area contributed by atoms with Crippen LogP contribution in [0.1, 0.15) is 23.0 Å². The Morgan fingerprint density at radius 1 is 1.67 bits per heavy atom. The van der Waals surface area contributed by atoms with Gasteiger partial charge in [0.05, 0.1) is 7.11 Å². The molecule has 1 rings (SSSR count). The van der Waals surface area contributed by atoms with E-state index in [0.717, 1.165) is 0 Å². The van der Waals surface area contributed by atoms with E-state index in [2.05, 4.69) is 17.2 Å². The van der Waals surface area contributed by atoms with Crippen LogP contribution in [0, 0.1) is 11.8 Å². The smallest absolute Gasteiger partial charge is 0.265 e. The molecule has 0 aliphatic carbocycles. The highest BCUT2D eigenvalue weighted by Gasteiger charge is 2.12. The first-order valence-electron chi connectivity index (χ1n) is 4.59. The summed E-state index contributed by atoms with van der Waals surface area (Å²) in [6.45, 7) is 2.35. The number of hydrogen-bond donors (Lipinski definition) is 1. The maximum Gasteiger partial charge on any atom is 0.265 e. The summed E-state index contributed by atoms with van der Waals surface area (Å²) in [7, 11) is 1.56. The van der Waals surface area contributed by atoms with Crippen molar-refractivity contribution in [1.82, 2.24) is 5.32 Å². The van der Waals surface area contributed by atoms with Crippen molar-refractivity contribution < 1.29 is 9.53 Å². The Morgan fingerprint density at radius 2 is 2.47 bits per heavy atom. The van der Waals surface area contributed by atoms with Crippen molar-refractivity contribution in [3.63, 3.8) is 0 Å². The molecule has 1 amide bonds. The average Bonchev–Trinajstić information content (AvgIpc) is 2.72. The predicted molar refractivity (Wildman–Crippen MR) is 61.3 cm³/mol. The van der Waals surface area contributed by atoms with E-state index in [4.69, 9.17) is 4.74 Å². The van der Waals surface area contributed by atoms with E-state index in [1.807, 2.05) is 5.38 Å². The number of carbonyl (C=O) groups excluding carboxylic acids is 1. The van der Waals surface area contributed by atoms with Gasteiger partial charge in [-0.15, -0.1) is 23.2 Å². The molecule has 0 radical (unpaired) electrons. The highest BCUT2D eigenvalue weighted by atomic mass is 32.1. The Labute approximate surface area is 93.5 Å². The number of rotatable bonds is 4. The fourth-order valence-corrected chi connectivity index (χ4v) is 1.84. The highest BCUT2D eigenvalue weighted by molar-refractivity contribution is 7.12. The molecule has 0 atom stereocenters. The highest BCUT2D eigenvalue weighted by Crippen LogP contribution is 2.23. The Bertz CT molecular complexity index is 387. The molecule has 0 fully saturated rings. The van der Waals surface area contributed by atoms with Crippen molar-refractivity contribution >= 4 is 17.2 Å². The summed E-state index contributed by atoms with van der Waals surface area (Å²) in [5.41, 5.74) is 0. The SMILES string of the molecule is CC#CCCNC(=O)c1sccc1OC. The van der Waals surface area contributed by atoms with Gasteiger partial charge in [0.25, 0.3) is 5.91 Å². The fraction of sp³-hybridized carbons (Fsp3) is 0.364. The molecule has 0 aliphatic rings. The molecule has 0 aromatic carbocycles. The zero-order valence-electron chi connectivity index (χ0n) is 8.79. The lowest BCUT2D eigenvalue weighted by molar-refractivity contribution is 0.0956. The summed E-state index contributed by atoms with van der Waals surface area (Å²) in [4.78, 5) is 12.2. The molecule has 0 saturated carbocycles. The van der Waals surface area contributed by atoms with Crippen LogP contribution < -0.4 is 10.1 Å². The van der Waals surface area contributed by atoms with Crippen molar-refractivity contribution in [2.45, 2.75) is 13.3 Å². The maximum atomic E-state index is 11.6. The Hall–Kier alpha value is -1.47. The zero-order chi connectivity index (χ0) is 11.1. The summed E-state index contributed by atoms with van der Waals surface area (Å²) in [5, 5.41) is 4.62. The van der Waals surface area contributed by atoms with E-state index < -0.39 is 0 Å². The minimum atomic E-state index is -0.0975. The lowest BCUT2D eigenvalue weighted by atomic mass is 10.3. The van der Waals surface area contributed by atoms with E-state index in [1.165, 1.54) is 11.3 Å². The second-order valence-electron chi connectivity index (χ2n) is 2.75. The van der Waals surface area contributed by atoms with E-state index in [9.17, 15) is 4.79 Å². The zero-order valence-corrected chi connectivity index (χ0v) is 9.61. The van der Waals surface area contributed by atoms with Gasteiger partial charge in [-0.05, 0) is 18.4 Å². The third-order valence-electron chi connectivity index (χ3n) is 1.77. The van der Waals surface area contributed by atoms with Crippen molar-refractivity contribution in [2.75, 3.05) is 13.7 Å². The minimum Gasteiger partial charge on any atom is -0.495 e. The van der Waals surface area contributed by atoms with Crippen LogP contribution in [0.3, 0.4) is 0 Å². The molecule has 15 heavy (non-hydrogen) atoms. The number of nitrogens with one attached hydrogen (secondary N) is 1. The molecule has 3 nitrogen and oxygen atoms in total. The molecular weight excluding hydrogens is 210 g/mol. The second kappa shape index (κ2) is 6.10. The molecule has 0 saturated heterocycles. The third-order valence-corrected chi connectivity index (χ3v) is 2.66. The van der Waals surface area contributed by atoms with Gasteiger partial charge in [-0.25, -0.2) is 0 Å². The monoisotopic (exact) mass is 223 g/mol. The number of amides is 1. The summed E-state index contributed by atoms with van der Waals surface area (Å²) in [5.74, 6) is 6.19. The van der Waals surface area contributed by atoms with Crippen molar-refractivity contribution in [3.8, 4) is 17.6 Å². The van der Waals surface area contributed by atoms with Gasteiger partial charge in [0.15, 0.2) is 0 Å². The van der Waals surface area contributed by atoms with Crippen LogP contribution in [-0.4, -0.2) is 19.6 Å². The standard InChI is InChI=1S/C11H13NO2S/c1-3-4-5-7-12-11(13)10-9(14-2)6-8-15-10/h6,8H,5,7H2,1-2H3,(H,12,13). The topological polar surface area (TPSA) is 38.3 Å². The third kappa shape index (κ3) is 3.30. The largest absolute Gasteiger partial charge is 0.495 e. The van der Waals surface area contributed by atoms with Gasteiger partial charge in [0, 0.05) is 13.0 Å². The van der Waals surface area contributed by atoms with Gasteiger partial charge in [0.2, 0.25) is 0 Å². The molecule has 0 aliphatic heterocycles. The first kappa shape index (κ1) is 11.6. The first-order valence-corrected chi connectivity index (χ1v) is 5.47. The van der Waals surface area contributed by atoms with Crippen LogP contribution in [0.5, 0.6) is 5.75 Å². The molecule has 0 unspecified atom stereocenters. The number of thiophene rings is 1.